The molecule has 0 radical (unpaired) electrons. The van der Waals surface area contributed by atoms with Crippen molar-refractivity contribution in [1.82, 2.24) is 0 Å². The van der Waals surface area contributed by atoms with Crippen LogP contribution in [0.4, 0.5) is 0 Å². The molecular formula is C13H28O. The maximum Gasteiger partial charge on any atom is 0.0623 e. The van der Waals surface area contributed by atoms with Gasteiger partial charge in [-0.05, 0) is 30.6 Å². The van der Waals surface area contributed by atoms with Crippen LogP contribution in [0.2, 0.25) is 0 Å². The minimum atomic E-state index is 0.442. The Balaban J connectivity index is 4.04. The lowest BCUT2D eigenvalue weighted by molar-refractivity contribution is -0.0177. The standard InChI is InChI=1S/C13H28O/c1-7-8-14-13(11(4)5)12(6)9-10(2)3/h10-13H,7-9H2,1-6H3/t12-,13-/m1/s1. The summed E-state index contributed by atoms with van der Waals surface area (Å²) in [6, 6.07) is 0. The van der Waals surface area contributed by atoms with E-state index in [2.05, 4.69) is 41.5 Å². The van der Waals surface area contributed by atoms with E-state index in [1.165, 1.54) is 6.42 Å². The van der Waals surface area contributed by atoms with Crippen molar-refractivity contribution < 1.29 is 4.74 Å². The van der Waals surface area contributed by atoms with Crippen molar-refractivity contribution in [2.75, 3.05) is 6.61 Å². The molecule has 0 fully saturated rings. The second-order valence-corrected chi connectivity index (χ2v) is 5.19. The lowest BCUT2D eigenvalue weighted by Crippen LogP contribution is -2.28. The minimum absolute atomic E-state index is 0.442. The van der Waals surface area contributed by atoms with Crippen molar-refractivity contribution in [2.45, 2.75) is 60.5 Å². The van der Waals surface area contributed by atoms with Gasteiger partial charge in [0.25, 0.3) is 0 Å². The lowest BCUT2D eigenvalue weighted by atomic mass is 9.88. The predicted octanol–water partition coefficient (Wildman–Crippen LogP) is 4.12. The largest absolute Gasteiger partial charge is 0.378 e. The van der Waals surface area contributed by atoms with Gasteiger partial charge in [-0.1, -0.05) is 41.5 Å². The highest BCUT2D eigenvalue weighted by molar-refractivity contribution is 4.71. The first-order valence-electron chi connectivity index (χ1n) is 6.10. The van der Waals surface area contributed by atoms with Crippen molar-refractivity contribution in [3.8, 4) is 0 Å². The normalized spacial score (nSPS) is 16.3. The SMILES string of the molecule is CCCO[C@H](C(C)C)[C@H](C)CC(C)C. The van der Waals surface area contributed by atoms with Crippen LogP contribution >= 0.6 is 0 Å². The number of hydrogen-bond donors (Lipinski definition) is 0. The van der Waals surface area contributed by atoms with E-state index in [1.807, 2.05) is 0 Å². The van der Waals surface area contributed by atoms with Gasteiger partial charge in [-0.15, -0.1) is 0 Å². The Kier molecular flexibility index (Phi) is 7.26. The third-order valence-corrected chi connectivity index (χ3v) is 2.58. The zero-order valence-corrected chi connectivity index (χ0v) is 10.8. The molecule has 0 aliphatic rings. The molecule has 0 N–H and O–H groups in total. The summed E-state index contributed by atoms with van der Waals surface area (Å²) in [5.41, 5.74) is 0. The molecule has 0 aromatic carbocycles. The van der Waals surface area contributed by atoms with Crippen LogP contribution in [-0.2, 0) is 4.74 Å². The maximum absolute atomic E-state index is 5.92. The minimum Gasteiger partial charge on any atom is -0.378 e. The molecule has 0 bridgehead atoms. The van der Waals surface area contributed by atoms with Crippen LogP contribution in [0.5, 0.6) is 0 Å². The Morgan fingerprint density at radius 2 is 1.57 bits per heavy atom. The van der Waals surface area contributed by atoms with Crippen LogP contribution in [0.3, 0.4) is 0 Å². The monoisotopic (exact) mass is 200 g/mol. The molecule has 0 aliphatic heterocycles. The summed E-state index contributed by atoms with van der Waals surface area (Å²) < 4.78 is 5.92. The Labute approximate surface area is 90.2 Å². The summed E-state index contributed by atoms with van der Waals surface area (Å²) in [5.74, 6) is 2.09. The molecule has 0 aromatic rings. The highest BCUT2D eigenvalue weighted by Crippen LogP contribution is 2.23. The van der Waals surface area contributed by atoms with E-state index in [0.717, 1.165) is 18.9 Å². The highest BCUT2D eigenvalue weighted by Gasteiger charge is 2.21. The van der Waals surface area contributed by atoms with Gasteiger partial charge >= 0.3 is 0 Å². The third-order valence-electron chi connectivity index (χ3n) is 2.58. The Bertz CT molecular complexity index is 129. The van der Waals surface area contributed by atoms with E-state index in [9.17, 15) is 0 Å². The molecule has 0 saturated carbocycles. The molecule has 14 heavy (non-hydrogen) atoms. The maximum atomic E-state index is 5.92. The molecule has 0 heterocycles. The average molecular weight is 200 g/mol. The van der Waals surface area contributed by atoms with Crippen molar-refractivity contribution in [2.24, 2.45) is 17.8 Å². The fourth-order valence-corrected chi connectivity index (χ4v) is 2.15. The van der Waals surface area contributed by atoms with E-state index in [-0.39, 0.29) is 0 Å². The highest BCUT2D eigenvalue weighted by atomic mass is 16.5. The van der Waals surface area contributed by atoms with E-state index < -0.39 is 0 Å². The van der Waals surface area contributed by atoms with Gasteiger partial charge in [-0.25, -0.2) is 0 Å². The zero-order chi connectivity index (χ0) is 11.1. The van der Waals surface area contributed by atoms with E-state index in [4.69, 9.17) is 4.74 Å². The van der Waals surface area contributed by atoms with Gasteiger partial charge in [0.1, 0.15) is 0 Å². The molecule has 1 nitrogen and oxygen atoms in total. The predicted molar refractivity (Wildman–Crippen MR) is 63.5 cm³/mol. The van der Waals surface area contributed by atoms with E-state index >= 15 is 0 Å². The van der Waals surface area contributed by atoms with Crippen LogP contribution in [0.15, 0.2) is 0 Å². The van der Waals surface area contributed by atoms with Crippen LogP contribution in [0.25, 0.3) is 0 Å². The summed E-state index contributed by atoms with van der Waals surface area (Å²) in [4.78, 5) is 0. The Hall–Kier alpha value is -0.0400. The Morgan fingerprint density at radius 3 is 1.93 bits per heavy atom. The Morgan fingerprint density at radius 1 is 1.00 bits per heavy atom. The number of ether oxygens (including phenoxy) is 1. The second-order valence-electron chi connectivity index (χ2n) is 5.19. The smallest absolute Gasteiger partial charge is 0.0623 e. The molecule has 1 heteroatoms. The molecule has 0 spiro atoms. The number of hydrogen-bond acceptors (Lipinski definition) is 1. The van der Waals surface area contributed by atoms with Crippen molar-refractivity contribution >= 4 is 0 Å². The molecule has 0 unspecified atom stereocenters. The van der Waals surface area contributed by atoms with Crippen LogP contribution < -0.4 is 0 Å². The summed E-state index contributed by atoms with van der Waals surface area (Å²) in [6.45, 7) is 14.5. The molecule has 2 atom stereocenters. The van der Waals surface area contributed by atoms with Crippen molar-refractivity contribution in [3.05, 3.63) is 0 Å². The zero-order valence-electron chi connectivity index (χ0n) is 10.8. The van der Waals surface area contributed by atoms with Crippen molar-refractivity contribution in [1.29, 1.82) is 0 Å². The van der Waals surface area contributed by atoms with Gasteiger partial charge in [-0.2, -0.15) is 0 Å². The van der Waals surface area contributed by atoms with Gasteiger partial charge < -0.3 is 4.74 Å². The fourth-order valence-electron chi connectivity index (χ4n) is 2.15. The van der Waals surface area contributed by atoms with Gasteiger partial charge in [0.15, 0.2) is 0 Å². The molecule has 86 valence electrons. The first-order chi connectivity index (χ1) is 6.49. The fraction of sp³-hybridized carbons (Fsp3) is 1.00. The van der Waals surface area contributed by atoms with Crippen LogP contribution in [-0.4, -0.2) is 12.7 Å². The van der Waals surface area contributed by atoms with Crippen molar-refractivity contribution in [3.63, 3.8) is 0 Å². The summed E-state index contributed by atoms with van der Waals surface area (Å²) in [6.07, 6.45) is 2.84. The summed E-state index contributed by atoms with van der Waals surface area (Å²) in [7, 11) is 0. The molecule has 0 rings (SSSR count). The number of rotatable bonds is 7. The molecule has 0 aromatic heterocycles. The van der Waals surface area contributed by atoms with E-state index in [1.54, 1.807) is 0 Å². The first kappa shape index (κ1) is 14.0. The van der Waals surface area contributed by atoms with Gasteiger partial charge in [-0.3, -0.25) is 0 Å². The van der Waals surface area contributed by atoms with Gasteiger partial charge in [0.05, 0.1) is 6.10 Å². The molecule has 0 aliphatic carbocycles. The molecule has 0 amide bonds. The van der Waals surface area contributed by atoms with Crippen LogP contribution in [0.1, 0.15) is 54.4 Å². The van der Waals surface area contributed by atoms with Gasteiger partial charge in [0.2, 0.25) is 0 Å². The molecular weight excluding hydrogens is 172 g/mol. The quantitative estimate of drug-likeness (QED) is 0.600. The lowest BCUT2D eigenvalue weighted by Gasteiger charge is -2.28. The van der Waals surface area contributed by atoms with E-state index in [0.29, 0.717) is 17.9 Å². The molecule has 0 saturated heterocycles. The topological polar surface area (TPSA) is 9.23 Å². The second kappa shape index (κ2) is 7.28. The third kappa shape index (κ3) is 5.64. The van der Waals surface area contributed by atoms with Crippen LogP contribution in [0, 0.1) is 17.8 Å². The first-order valence-corrected chi connectivity index (χ1v) is 6.10. The summed E-state index contributed by atoms with van der Waals surface area (Å²) in [5, 5.41) is 0. The summed E-state index contributed by atoms with van der Waals surface area (Å²) >= 11 is 0. The average Bonchev–Trinajstić information content (AvgIpc) is 2.02. The van der Waals surface area contributed by atoms with Gasteiger partial charge in [0, 0.05) is 6.61 Å².